The van der Waals surface area contributed by atoms with Gasteiger partial charge in [0.05, 0.1) is 0 Å². The first-order valence-corrected chi connectivity index (χ1v) is 42.1. The van der Waals surface area contributed by atoms with Crippen molar-refractivity contribution >= 4 is 131 Å². The summed E-state index contributed by atoms with van der Waals surface area (Å²) in [6.07, 6.45) is 0.200. The molecule has 10 heteroatoms. The van der Waals surface area contributed by atoms with Gasteiger partial charge in [0, 0.05) is 0 Å². The van der Waals surface area contributed by atoms with Crippen molar-refractivity contribution in [2.24, 2.45) is 0 Å². The number of rotatable bonds is 17. The molecule has 2 unspecified atom stereocenters. The Bertz CT molecular complexity index is 3230. The molecule has 0 spiro atoms. The van der Waals surface area contributed by atoms with Gasteiger partial charge in [0.2, 0.25) is 0 Å². The van der Waals surface area contributed by atoms with Crippen LogP contribution in [0.15, 0.2) is 315 Å². The van der Waals surface area contributed by atoms with Crippen LogP contribution >= 0.6 is 34.8 Å². The molecule has 82 heavy (non-hydrogen) atoms. The summed E-state index contributed by atoms with van der Waals surface area (Å²) in [6, 6.07) is 108. The molecule has 4 nitrogen and oxygen atoms in total. The second-order valence-electron chi connectivity index (χ2n) is 19.7. The van der Waals surface area contributed by atoms with Gasteiger partial charge < -0.3 is 0 Å². The van der Waals surface area contributed by atoms with E-state index in [9.17, 15) is 19.8 Å². The molecule has 11 aromatic carbocycles. The van der Waals surface area contributed by atoms with Crippen LogP contribution in [-0.2, 0) is 9.59 Å². The summed E-state index contributed by atoms with van der Waals surface area (Å²) in [7, 11) is 0. The first-order chi connectivity index (χ1) is 40.1. The van der Waals surface area contributed by atoms with Gasteiger partial charge in [-0.25, -0.2) is 0 Å². The van der Waals surface area contributed by atoms with Gasteiger partial charge in [-0.1, -0.05) is 0 Å². The zero-order chi connectivity index (χ0) is 57.2. The Morgan fingerprint density at radius 3 is 0.659 bits per heavy atom. The normalized spacial score (nSPS) is 11.9. The van der Waals surface area contributed by atoms with E-state index in [1.165, 1.54) is 36.2 Å². The summed E-state index contributed by atoms with van der Waals surface area (Å²) in [6.45, 7) is 0. The fraction of sp³-hybridized carbons (Fsp3) is 0.0556. The predicted octanol–water partition coefficient (Wildman–Crippen LogP) is 12.1. The molecule has 11 rings (SSSR count). The summed E-state index contributed by atoms with van der Waals surface area (Å²) >= 11 is 8.85. The van der Waals surface area contributed by atoms with E-state index in [4.69, 9.17) is 34.8 Å². The number of aliphatic carboxylic acids is 2. The molecule has 0 aromatic heterocycles. The summed E-state index contributed by atoms with van der Waals surface area (Å²) in [4.78, 5) is 24.3. The van der Waals surface area contributed by atoms with Crippen LogP contribution in [0.3, 0.4) is 0 Å². The van der Waals surface area contributed by atoms with Gasteiger partial charge in [-0.2, -0.15) is 0 Å². The molecule has 2 N–H and O–H groups in total. The van der Waals surface area contributed by atoms with Crippen molar-refractivity contribution in [3.8, 4) is 0 Å². The molecule has 0 fully saturated rings. The van der Waals surface area contributed by atoms with E-state index in [0.29, 0.717) is 0 Å². The van der Waals surface area contributed by atoms with Crippen molar-refractivity contribution in [3.05, 3.63) is 342 Å². The number of carbonyl (C=O) groups is 2. The summed E-state index contributed by atoms with van der Waals surface area (Å²) in [5, 5.41) is 22.2. The minimum absolute atomic E-state index is 0.0999. The molecular weight excluding hydrogens is 1390 g/mol. The van der Waals surface area contributed by atoms with Crippen molar-refractivity contribution in [2.75, 3.05) is 0 Å². The number of hydrogen-bond acceptors (Lipinski definition) is 2. The van der Waals surface area contributed by atoms with Gasteiger partial charge in [-0.3, -0.25) is 0 Å². The van der Waals surface area contributed by atoms with E-state index < -0.39 is 60.2 Å². The molecule has 11 aromatic rings. The molecule has 0 radical (unpaired) electrons. The Hall–Kier alpha value is -6.80. The molecule has 0 heterocycles. The number of halogens is 3. The monoisotopic (exact) mass is 1450 g/mol. The summed E-state index contributed by atoms with van der Waals surface area (Å²) < 4.78 is 11.5. The zero-order valence-corrected chi connectivity index (χ0v) is 54.8. The third kappa shape index (κ3) is 14.3. The van der Waals surface area contributed by atoms with E-state index in [1.807, 2.05) is 109 Å². The van der Waals surface area contributed by atoms with Crippen LogP contribution in [0.25, 0.3) is 0 Å². The minimum atomic E-state index is -3.47. The van der Waals surface area contributed by atoms with E-state index in [1.54, 1.807) is 0 Å². The van der Waals surface area contributed by atoms with Gasteiger partial charge >= 0.3 is 515 Å². The number of carboxylic acid groups (broad SMARTS) is 2. The fourth-order valence-electron chi connectivity index (χ4n) is 11.4. The van der Waals surface area contributed by atoms with E-state index in [0.717, 1.165) is 26.2 Å². The first-order valence-electron chi connectivity index (χ1n) is 27.0. The van der Waals surface area contributed by atoms with Crippen molar-refractivity contribution in [1.29, 1.82) is 0 Å². The third-order valence-corrected chi connectivity index (χ3v) is 47.4. The Morgan fingerprint density at radius 1 is 0.293 bits per heavy atom. The van der Waals surface area contributed by atoms with Crippen LogP contribution in [0, 0.1) is 0 Å². The maximum absolute atomic E-state index is 12.2. The summed E-state index contributed by atoms with van der Waals surface area (Å²) in [5.41, 5.74) is 2.19. The van der Waals surface area contributed by atoms with Gasteiger partial charge in [0.1, 0.15) is 0 Å². The van der Waals surface area contributed by atoms with Crippen LogP contribution in [0.1, 0.15) is 33.5 Å². The molecule has 0 aliphatic heterocycles. The second-order valence-corrected chi connectivity index (χ2v) is 46.6. The van der Waals surface area contributed by atoms with Crippen LogP contribution < -0.4 is 36.2 Å². The Kier molecular flexibility index (Phi) is 21.5. The standard InChI is InChI=1S/2C27H24GeO2.3C6H4Cl.Bi/c2*29-27(30)21-26(22-13-5-1-6-14-22)28(23-15-7-2-8-16-23,24-17-9-3-10-18-24)25-19-11-4-12-20-25;3*7-6-4-2-1-3-5-6;/h2*1-20,26H,21H2,(H,29,30);3*2-5H;. The second kappa shape index (κ2) is 29.4. The van der Waals surface area contributed by atoms with Crippen LogP contribution in [0.2, 0.25) is 15.1 Å². The third-order valence-electron chi connectivity index (χ3n) is 14.8. The van der Waals surface area contributed by atoms with E-state index in [2.05, 4.69) is 206 Å². The van der Waals surface area contributed by atoms with Crippen molar-refractivity contribution in [1.82, 2.24) is 0 Å². The average Bonchev–Trinajstić information content (AvgIpc) is 1.61. The number of carboxylic acids is 2. The zero-order valence-electron chi connectivity index (χ0n) is 44.9. The quantitative estimate of drug-likeness (QED) is 0.0891. The molecule has 0 saturated carbocycles. The van der Waals surface area contributed by atoms with Crippen LogP contribution in [0.4, 0.5) is 0 Å². The van der Waals surface area contributed by atoms with Gasteiger partial charge in [0.25, 0.3) is 0 Å². The molecular formula is C72H60BiCl3Ge2O4. The molecule has 0 aliphatic carbocycles. The van der Waals surface area contributed by atoms with E-state index >= 15 is 0 Å². The number of hydrogen-bond donors (Lipinski definition) is 2. The van der Waals surface area contributed by atoms with E-state index in [-0.39, 0.29) is 22.3 Å². The fourth-order valence-corrected chi connectivity index (χ4v) is 43.7. The first kappa shape index (κ1) is 59.8. The summed E-state index contributed by atoms with van der Waals surface area (Å²) in [5.74, 6) is -1.52. The molecule has 0 amide bonds. The number of benzene rings is 11. The topological polar surface area (TPSA) is 74.6 Å². The van der Waals surface area contributed by atoms with Crippen molar-refractivity contribution < 1.29 is 19.8 Å². The SMILES string of the molecule is Clc1cc[c]([Bi]([c]2ccc(Cl)cc2)[c]2ccc(Cl)cc2)cc1.O=C(O)C[CH](c1ccccc1)[Ge]([c]1ccccc1)([c]1ccccc1)[c]1ccccc1.O=C(O)C[CH](c1ccccc1)[Ge]([c]1ccccc1)([c]1ccccc1)[c]1ccccc1. The Balaban J connectivity index is 0.000000150. The molecule has 406 valence electrons. The molecule has 2 atom stereocenters. The van der Waals surface area contributed by atoms with Crippen LogP contribution in [0.5, 0.6) is 0 Å². The van der Waals surface area contributed by atoms with Crippen molar-refractivity contribution in [2.45, 2.75) is 22.3 Å². The predicted molar refractivity (Wildman–Crippen MR) is 350 cm³/mol. The Morgan fingerprint density at radius 2 is 0.476 bits per heavy atom. The van der Waals surface area contributed by atoms with Gasteiger partial charge in [0.15, 0.2) is 0 Å². The van der Waals surface area contributed by atoms with Crippen LogP contribution in [-0.4, -0.2) is 70.4 Å². The molecule has 0 saturated heterocycles. The van der Waals surface area contributed by atoms with Gasteiger partial charge in [-0.05, 0) is 0 Å². The van der Waals surface area contributed by atoms with Gasteiger partial charge in [-0.15, -0.1) is 0 Å². The van der Waals surface area contributed by atoms with Crippen molar-refractivity contribution in [3.63, 3.8) is 0 Å². The molecule has 0 bridgehead atoms. The Labute approximate surface area is 510 Å². The average molecular weight is 1450 g/mol. The maximum atomic E-state index is 12.2. The molecule has 0 aliphatic rings.